The highest BCUT2D eigenvalue weighted by Crippen LogP contribution is 2.26. The molecule has 5 rings (SSSR count). The fraction of sp³-hybridized carbons (Fsp3) is 0.346. The van der Waals surface area contributed by atoms with Gasteiger partial charge in [-0.15, -0.1) is 0 Å². The number of benzene rings is 1. The van der Waals surface area contributed by atoms with Crippen molar-refractivity contribution in [3.8, 4) is 11.6 Å². The van der Waals surface area contributed by atoms with Crippen molar-refractivity contribution in [3.05, 3.63) is 77.6 Å². The number of hydrogen-bond donors (Lipinski definition) is 0. The quantitative estimate of drug-likeness (QED) is 0.575. The van der Waals surface area contributed by atoms with Crippen molar-refractivity contribution >= 4 is 11.7 Å². The minimum atomic E-state index is -0.320. The zero-order chi connectivity index (χ0) is 23.3. The van der Waals surface area contributed by atoms with Gasteiger partial charge in [-0.25, -0.2) is 9.97 Å². The predicted molar refractivity (Wildman–Crippen MR) is 127 cm³/mol. The summed E-state index contributed by atoms with van der Waals surface area (Å²) in [4.78, 5) is 26.4. The van der Waals surface area contributed by atoms with Crippen LogP contribution in [-0.4, -0.2) is 66.8 Å². The predicted octanol–water partition coefficient (Wildman–Crippen LogP) is 3.63. The number of nitrogens with zero attached hydrogens (tertiary/aromatic N) is 4. The third kappa shape index (κ3) is 5.18. The van der Waals surface area contributed by atoms with E-state index < -0.39 is 0 Å². The van der Waals surface area contributed by atoms with Gasteiger partial charge in [0.2, 0.25) is 5.88 Å². The Morgan fingerprint density at radius 1 is 1.03 bits per heavy atom. The largest absolute Gasteiger partial charge is 0.439 e. The number of pyridine rings is 2. The van der Waals surface area contributed by atoms with Crippen LogP contribution >= 0.6 is 0 Å². The van der Waals surface area contributed by atoms with Gasteiger partial charge >= 0.3 is 0 Å². The van der Waals surface area contributed by atoms with E-state index in [0.29, 0.717) is 44.4 Å². The van der Waals surface area contributed by atoms with Crippen LogP contribution in [0.5, 0.6) is 11.6 Å². The van der Waals surface area contributed by atoms with Crippen molar-refractivity contribution in [1.29, 1.82) is 0 Å². The zero-order valence-electron chi connectivity index (χ0n) is 19.2. The number of aromatic nitrogens is 2. The highest BCUT2D eigenvalue weighted by Gasteiger charge is 2.28. The number of morpholine rings is 2. The third-order valence-corrected chi connectivity index (χ3v) is 6.00. The van der Waals surface area contributed by atoms with Crippen LogP contribution in [-0.2, 0) is 9.47 Å². The molecule has 0 saturated carbocycles. The molecular formula is C26H28N4O4. The molecule has 2 aliphatic rings. The molecule has 1 aromatic carbocycles. The lowest BCUT2D eigenvalue weighted by Gasteiger charge is -2.33. The smallest absolute Gasteiger partial charge is 0.254 e. The molecule has 0 unspecified atom stereocenters. The van der Waals surface area contributed by atoms with E-state index in [9.17, 15) is 4.79 Å². The molecule has 2 saturated heterocycles. The fourth-order valence-corrected chi connectivity index (χ4v) is 4.11. The van der Waals surface area contributed by atoms with Crippen molar-refractivity contribution in [2.75, 3.05) is 50.9 Å². The average molecular weight is 461 g/mol. The standard InChI is InChI=1S/C26H28N4O4/c1-19-5-7-21(8-6-19)34-25-4-2-3-22(28-25)23-18-30(13-16-33-23)26(31)20-9-10-27-24(17-20)29-11-14-32-15-12-29/h2-10,17,23H,11-16,18H2,1H3/t23-/m0/s1. The van der Waals surface area contributed by atoms with E-state index in [0.717, 1.165) is 30.4 Å². The molecule has 0 aliphatic carbocycles. The Balaban J connectivity index is 1.27. The number of hydrogen-bond acceptors (Lipinski definition) is 7. The molecule has 2 fully saturated rings. The molecule has 34 heavy (non-hydrogen) atoms. The fourth-order valence-electron chi connectivity index (χ4n) is 4.11. The molecule has 1 atom stereocenters. The van der Waals surface area contributed by atoms with Gasteiger partial charge in [0.05, 0.1) is 32.1 Å². The summed E-state index contributed by atoms with van der Waals surface area (Å²) in [7, 11) is 0. The van der Waals surface area contributed by atoms with E-state index in [4.69, 9.17) is 14.2 Å². The summed E-state index contributed by atoms with van der Waals surface area (Å²) in [5.74, 6) is 2.00. The van der Waals surface area contributed by atoms with Crippen molar-refractivity contribution < 1.29 is 19.0 Å². The van der Waals surface area contributed by atoms with Crippen LogP contribution in [0.15, 0.2) is 60.8 Å². The van der Waals surface area contributed by atoms with Gasteiger partial charge in [-0.3, -0.25) is 4.79 Å². The number of carbonyl (C=O) groups is 1. The van der Waals surface area contributed by atoms with Crippen LogP contribution in [0.1, 0.15) is 27.7 Å². The maximum atomic E-state index is 13.3. The van der Waals surface area contributed by atoms with Crippen LogP contribution in [0.3, 0.4) is 0 Å². The molecule has 176 valence electrons. The van der Waals surface area contributed by atoms with Crippen molar-refractivity contribution in [1.82, 2.24) is 14.9 Å². The Hall–Kier alpha value is -3.49. The van der Waals surface area contributed by atoms with Gasteiger partial charge in [-0.1, -0.05) is 23.8 Å². The normalized spacial score (nSPS) is 18.6. The van der Waals surface area contributed by atoms with Crippen LogP contribution < -0.4 is 9.64 Å². The van der Waals surface area contributed by atoms with Crippen LogP contribution in [0.4, 0.5) is 5.82 Å². The number of ether oxygens (including phenoxy) is 3. The topological polar surface area (TPSA) is 77.0 Å². The summed E-state index contributed by atoms with van der Waals surface area (Å²) in [6, 6.07) is 17.1. The molecule has 8 heteroatoms. The lowest BCUT2D eigenvalue weighted by atomic mass is 10.1. The van der Waals surface area contributed by atoms with E-state index in [1.54, 1.807) is 12.3 Å². The van der Waals surface area contributed by atoms with Gasteiger partial charge in [-0.05, 0) is 37.3 Å². The Labute approximate surface area is 199 Å². The molecule has 3 aromatic rings. The summed E-state index contributed by atoms with van der Waals surface area (Å²) >= 11 is 0. The van der Waals surface area contributed by atoms with Gasteiger partial charge in [0, 0.05) is 37.5 Å². The molecule has 4 heterocycles. The van der Waals surface area contributed by atoms with E-state index in [-0.39, 0.29) is 12.0 Å². The van der Waals surface area contributed by atoms with Crippen molar-refractivity contribution in [2.45, 2.75) is 13.0 Å². The Morgan fingerprint density at radius 3 is 2.68 bits per heavy atom. The maximum absolute atomic E-state index is 13.3. The summed E-state index contributed by atoms with van der Waals surface area (Å²) in [5, 5.41) is 0. The first kappa shape index (κ1) is 22.3. The molecule has 2 aliphatic heterocycles. The molecule has 0 radical (unpaired) electrons. The Morgan fingerprint density at radius 2 is 1.85 bits per heavy atom. The number of carbonyl (C=O) groups excluding carboxylic acids is 1. The van der Waals surface area contributed by atoms with E-state index >= 15 is 0 Å². The highest BCUT2D eigenvalue weighted by atomic mass is 16.5. The summed E-state index contributed by atoms with van der Waals surface area (Å²) in [6.07, 6.45) is 1.38. The molecule has 0 spiro atoms. The first-order valence-corrected chi connectivity index (χ1v) is 11.6. The number of amides is 1. The van der Waals surface area contributed by atoms with Gasteiger partial charge in [0.15, 0.2) is 0 Å². The molecular weight excluding hydrogens is 432 g/mol. The zero-order valence-corrected chi connectivity index (χ0v) is 19.2. The van der Waals surface area contributed by atoms with E-state index in [1.807, 2.05) is 60.4 Å². The first-order chi connectivity index (χ1) is 16.7. The number of rotatable bonds is 5. The van der Waals surface area contributed by atoms with Crippen LogP contribution in [0, 0.1) is 6.92 Å². The minimum Gasteiger partial charge on any atom is -0.439 e. The van der Waals surface area contributed by atoms with E-state index in [2.05, 4.69) is 14.9 Å². The molecule has 0 bridgehead atoms. The SMILES string of the molecule is Cc1ccc(Oc2cccc([C@@H]3CN(C(=O)c4ccnc(N5CCOCC5)c4)CCO3)n2)cc1. The Bertz CT molecular complexity index is 1130. The van der Waals surface area contributed by atoms with Gasteiger partial charge < -0.3 is 24.0 Å². The van der Waals surface area contributed by atoms with Crippen molar-refractivity contribution in [2.24, 2.45) is 0 Å². The third-order valence-electron chi connectivity index (χ3n) is 6.00. The molecule has 1 amide bonds. The summed E-state index contributed by atoms with van der Waals surface area (Å²) in [6.45, 7) is 6.33. The Kier molecular flexibility index (Phi) is 6.69. The second-order valence-electron chi connectivity index (χ2n) is 8.43. The minimum absolute atomic E-state index is 0.0303. The highest BCUT2D eigenvalue weighted by molar-refractivity contribution is 5.95. The lowest BCUT2D eigenvalue weighted by molar-refractivity contribution is -0.0248. The molecule has 0 N–H and O–H groups in total. The maximum Gasteiger partial charge on any atom is 0.254 e. The van der Waals surface area contributed by atoms with Crippen molar-refractivity contribution in [3.63, 3.8) is 0 Å². The summed E-state index contributed by atoms with van der Waals surface area (Å²) < 4.78 is 17.3. The van der Waals surface area contributed by atoms with Crippen LogP contribution in [0.25, 0.3) is 0 Å². The number of anilines is 1. The van der Waals surface area contributed by atoms with Gasteiger partial charge in [0.1, 0.15) is 17.7 Å². The van der Waals surface area contributed by atoms with Crippen LogP contribution in [0.2, 0.25) is 0 Å². The van der Waals surface area contributed by atoms with E-state index in [1.165, 1.54) is 5.56 Å². The lowest BCUT2D eigenvalue weighted by Crippen LogP contribution is -2.42. The molecule has 8 nitrogen and oxygen atoms in total. The second-order valence-corrected chi connectivity index (χ2v) is 8.43. The first-order valence-electron chi connectivity index (χ1n) is 11.6. The molecule has 2 aromatic heterocycles. The number of aryl methyl sites for hydroxylation is 1. The second kappa shape index (κ2) is 10.2. The van der Waals surface area contributed by atoms with Gasteiger partial charge in [-0.2, -0.15) is 0 Å². The monoisotopic (exact) mass is 460 g/mol. The van der Waals surface area contributed by atoms with Gasteiger partial charge in [0.25, 0.3) is 5.91 Å². The average Bonchev–Trinajstić information content (AvgIpc) is 2.90. The summed E-state index contributed by atoms with van der Waals surface area (Å²) in [5.41, 5.74) is 2.54.